The Balaban J connectivity index is 2.20. The van der Waals surface area contributed by atoms with Crippen LogP contribution in [0.1, 0.15) is 26.5 Å². The summed E-state index contributed by atoms with van der Waals surface area (Å²) in [6.45, 7) is 1.73. The van der Waals surface area contributed by atoms with Crippen molar-refractivity contribution in [1.29, 1.82) is 0 Å². The molecule has 1 amide bonds. The number of carbonyl (C=O) groups is 2. The molecule has 0 saturated heterocycles. The third-order valence-corrected chi connectivity index (χ3v) is 2.54. The molecule has 0 aliphatic carbocycles. The predicted octanol–water partition coefficient (Wildman–Crippen LogP) is 2.12. The molecule has 0 atom stereocenters. The van der Waals surface area contributed by atoms with Crippen LogP contribution in [0.4, 0.5) is 11.4 Å². The highest BCUT2D eigenvalue weighted by Gasteiger charge is 2.12. The van der Waals surface area contributed by atoms with Gasteiger partial charge < -0.3 is 20.6 Å². The first-order valence-electron chi connectivity index (χ1n) is 5.46. The van der Waals surface area contributed by atoms with Gasteiger partial charge in [0.2, 0.25) is 0 Å². The molecule has 2 aromatic rings. The first-order chi connectivity index (χ1) is 8.97. The van der Waals surface area contributed by atoms with Gasteiger partial charge in [0.05, 0.1) is 22.5 Å². The first-order valence-corrected chi connectivity index (χ1v) is 5.46. The van der Waals surface area contributed by atoms with Crippen LogP contribution in [0.5, 0.6) is 0 Å². The van der Waals surface area contributed by atoms with Crippen molar-refractivity contribution in [3.05, 3.63) is 47.4 Å². The molecule has 98 valence electrons. The van der Waals surface area contributed by atoms with Crippen LogP contribution in [-0.4, -0.2) is 17.0 Å². The molecule has 0 bridgehead atoms. The minimum atomic E-state index is -1.07. The van der Waals surface area contributed by atoms with E-state index in [2.05, 4.69) is 5.32 Å². The zero-order valence-corrected chi connectivity index (χ0v) is 10.1. The third kappa shape index (κ3) is 2.74. The fourth-order valence-corrected chi connectivity index (χ4v) is 1.57. The van der Waals surface area contributed by atoms with E-state index >= 15 is 0 Å². The number of hydrogen-bond donors (Lipinski definition) is 3. The average molecular weight is 260 g/mol. The van der Waals surface area contributed by atoms with Gasteiger partial charge in [0.1, 0.15) is 12.0 Å². The number of aromatic carboxylic acids is 1. The van der Waals surface area contributed by atoms with Crippen molar-refractivity contribution in [1.82, 2.24) is 0 Å². The standard InChI is InChI=1S/C13H12N2O4/c1-7-4-9(6-19-7)12(16)15-11-3-2-8(13(17)18)5-10(11)14/h2-6H,14H2,1H3,(H,15,16)(H,17,18). The number of amides is 1. The molecule has 0 saturated carbocycles. The summed E-state index contributed by atoms with van der Waals surface area (Å²) in [6.07, 6.45) is 1.34. The molecule has 2 rings (SSSR count). The summed E-state index contributed by atoms with van der Waals surface area (Å²) in [4.78, 5) is 22.6. The summed E-state index contributed by atoms with van der Waals surface area (Å²) in [5, 5.41) is 11.4. The van der Waals surface area contributed by atoms with E-state index in [4.69, 9.17) is 15.3 Å². The lowest BCUT2D eigenvalue weighted by Crippen LogP contribution is -2.12. The number of anilines is 2. The second-order valence-corrected chi connectivity index (χ2v) is 4.01. The highest BCUT2D eigenvalue weighted by molar-refractivity contribution is 6.06. The van der Waals surface area contributed by atoms with E-state index in [0.717, 1.165) is 0 Å². The minimum Gasteiger partial charge on any atom is -0.478 e. The smallest absolute Gasteiger partial charge is 0.335 e. The van der Waals surface area contributed by atoms with Gasteiger partial charge in [-0.3, -0.25) is 4.79 Å². The van der Waals surface area contributed by atoms with Crippen LogP contribution in [0.3, 0.4) is 0 Å². The third-order valence-electron chi connectivity index (χ3n) is 2.54. The SMILES string of the molecule is Cc1cc(C(=O)Nc2ccc(C(=O)O)cc2N)co1. The summed E-state index contributed by atoms with van der Waals surface area (Å²) < 4.78 is 5.03. The number of carboxylic acid groups (broad SMARTS) is 1. The second kappa shape index (κ2) is 4.85. The number of nitrogens with one attached hydrogen (secondary N) is 1. The Bertz CT molecular complexity index is 646. The van der Waals surface area contributed by atoms with Crippen molar-refractivity contribution in [2.45, 2.75) is 6.92 Å². The van der Waals surface area contributed by atoms with E-state index in [1.165, 1.54) is 24.5 Å². The Hall–Kier alpha value is -2.76. The molecule has 4 N–H and O–H groups in total. The average Bonchev–Trinajstić information content (AvgIpc) is 2.78. The Labute approximate surface area is 108 Å². The molecule has 6 heteroatoms. The molecule has 0 fully saturated rings. The summed E-state index contributed by atoms with van der Waals surface area (Å²) in [6, 6.07) is 5.70. The van der Waals surface area contributed by atoms with Crippen molar-refractivity contribution in [3.63, 3.8) is 0 Å². The number of aryl methyl sites for hydroxylation is 1. The van der Waals surface area contributed by atoms with Crippen LogP contribution in [0.15, 0.2) is 34.9 Å². The molecule has 0 radical (unpaired) electrons. The molecule has 0 aliphatic heterocycles. The van der Waals surface area contributed by atoms with Gasteiger partial charge in [-0.1, -0.05) is 0 Å². The van der Waals surface area contributed by atoms with Gasteiger partial charge >= 0.3 is 5.97 Å². The first kappa shape index (κ1) is 12.7. The quantitative estimate of drug-likeness (QED) is 0.733. The van der Waals surface area contributed by atoms with Crippen molar-refractivity contribution < 1.29 is 19.1 Å². The van der Waals surface area contributed by atoms with Gasteiger partial charge in [0, 0.05) is 0 Å². The van der Waals surface area contributed by atoms with Crippen LogP contribution in [-0.2, 0) is 0 Å². The number of hydrogen-bond acceptors (Lipinski definition) is 4. The Morgan fingerprint density at radius 2 is 2.00 bits per heavy atom. The van der Waals surface area contributed by atoms with E-state index < -0.39 is 5.97 Å². The molecule has 1 heterocycles. The number of nitrogen functional groups attached to an aromatic ring is 1. The molecule has 0 unspecified atom stereocenters. The highest BCUT2D eigenvalue weighted by atomic mass is 16.4. The van der Waals surface area contributed by atoms with E-state index in [9.17, 15) is 9.59 Å². The van der Waals surface area contributed by atoms with Crippen molar-refractivity contribution in [2.75, 3.05) is 11.1 Å². The maximum Gasteiger partial charge on any atom is 0.335 e. The fraction of sp³-hybridized carbons (Fsp3) is 0.0769. The normalized spacial score (nSPS) is 10.2. The topological polar surface area (TPSA) is 106 Å². The van der Waals surface area contributed by atoms with E-state index in [-0.39, 0.29) is 17.2 Å². The summed E-state index contributed by atoms with van der Waals surface area (Å²) >= 11 is 0. The maximum atomic E-state index is 11.9. The van der Waals surface area contributed by atoms with Crippen LogP contribution in [0.25, 0.3) is 0 Å². The van der Waals surface area contributed by atoms with Gasteiger partial charge in [-0.15, -0.1) is 0 Å². The summed E-state index contributed by atoms with van der Waals surface area (Å²) in [5.74, 6) is -0.819. The van der Waals surface area contributed by atoms with Crippen LogP contribution in [0, 0.1) is 6.92 Å². The molecular weight excluding hydrogens is 248 g/mol. The van der Waals surface area contributed by atoms with Crippen molar-refractivity contribution >= 4 is 23.3 Å². The molecule has 19 heavy (non-hydrogen) atoms. The fourth-order valence-electron chi connectivity index (χ4n) is 1.57. The van der Waals surface area contributed by atoms with Gasteiger partial charge in [0.25, 0.3) is 5.91 Å². The lowest BCUT2D eigenvalue weighted by Gasteiger charge is -2.07. The largest absolute Gasteiger partial charge is 0.478 e. The summed E-state index contributed by atoms with van der Waals surface area (Å²) in [7, 11) is 0. The van der Waals surface area contributed by atoms with E-state index in [0.29, 0.717) is 17.0 Å². The molecule has 0 aliphatic rings. The number of benzene rings is 1. The molecular formula is C13H12N2O4. The molecule has 1 aromatic heterocycles. The van der Waals surface area contributed by atoms with Crippen LogP contribution < -0.4 is 11.1 Å². The minimum absolute atomic E-state index is 0.0645. The van der Waals surface area contributed by atoms with Gasteiger partial charge in [-0.25, -0.2) is 4.79 Å². The molecule has 6 nitrogen and oxygen atoms in total. The molecule has 1 aromatic carbocycles. The lowest BCUT2D eigenvalue weighted by molar-refractivity contribution is 0.0697. The zero-order chi connectivity index (χ0) is 14.0. The van der Waals surface area contributed by atoms with E-state index in [1.54, 1.807) is 13.0 Å². The predicted molar refractivity (Wildman–Crippen MR) is 69.2 cm³/mol. The Morgan fingerprint density at radius 1 is 1.26 bits per heavy atom. The monoisotopic (exact) mass is 260 g/mol. The lowest BCUT2D eigenvalue weighted by atomic mass is 10.1. The second-order valence-electron chi connectivity index (χ2n) is 4.01. The van der Waals surface area contributed by atoms with Crippen molar-refractivity contribution in [2.24, 2.45) is 0 Å². The number of carbonyl (C=O) groups excluding carboxylic acids is 1. The maximum absolute atomic E-state index is 11.9. The zero-order valence-electron chi connectivity index (χ0n) is 10.1. The van der Waals surface area contributed by atoms with Crippen molar-refractivity contribution in [3.8, 4) is 0 Å². The van der Waals surface area contributed by atoms with Crippen LogP contribution in [0.2, 0.25) is 0 Å². The number of furan rings is 1. The van der Waals surface area contributed by atoms with Gasteiger partial charge in [0.15, 0.2) is 0 Å². The van der Waals surface area contributed by atoms with Crippen LogP contribution >= 0.6 is 0 Å². The number of rotatable bonds is 3. The number of carboxylic acids is 1. The van der Waals surface area contributed by atoms with Gasteiger partial charge in [-0.2, -0.15) is 0 Å². The number of nitrogens with two attached hydrogens (primary N) is 1. The van der Waals surface area contributed by atoms with Gasteiger partial charge in [-0.05, 0) is 31.2 Å². The Morgan fingerprint density at radius 3 is 2.53 bits per heavy atom. The highest BCUT2D eigenvalue weighted by Crippen LogP contribution is 2.21. The molecule has 0 spiro atoms. The summed E-state index contributed by atoms with van der Waals surface area (Å²) in [5.41, 5.74) is 6.67. The van der Waals surface area contributed by atoms with E-state index in [1.807, 2.05) is 0 Å². The Kier molecular flexibility index (Phi) is 3.24.